The van der Waals surface area contributed by atoms with E-state index in [9.17, 15) is 5.11 Å². The Bertz CT molecular complexity index is 577. The predicted molar refractivity (Wildman–Crippen MR) is 73.1 cm³/mol. The first kappa shape index (κ1) is 12.4. The molecule has 0 fully saturated rings. The smallest absolute Gasteiger partial charge is 0.155 e. The van der Waals surface area contributed by atoms with Crippen LogP contribution in [0.15, 0.2) is 24.3 Å². The molecule has 1 aromatic carbocycles. The van der Waals surface area contributed by atoms with Gasteiger partial charge < -0.3 is 5.11 Å². The fourth-order valence-corrected chi connectivity index (χ4v) is 2.73. The Balaban J connectivity index is 1.85. The largest absolute Gasteiger partial charge is 0.394 e. The first-order valence-corrected chi connectivity index (χ1v) is 6.87. The summed E-state index contributed by atoms with van der Waals surface area (Å²) in [5, 5.41) is 14.0. The zero-order chi connectivity index (χ0) is 13.2. The zero-order valence-electron chi connectivity index (χ0n) is 11.2. The van der Waals surface area contributed by atoms with Gasteiger partial charge in [-0.1, -0.05) is 29.8 Å². The van der Waals surface area contributed by atoms with E-state index in [0.29, 0.717) is 0 Å². The molecule has 3 rings (SSSR count). The maximum absolute atomic E-state index is 9.38. The van der Waals surface area contributed by atoms with Gasteiger partial charge in [-0.25, -0.2) is 9.67 Å². The Morgan fingerprint density at radius 1 is 1.42 bits per heavy atom. The summed E-state index contributed by atoms with van der Waals surface area (Å²) in [7, 11) is 0. The second-order valence-electron chi connectivity index (χ2n) is 5.28. The lowest BCUT2D eigenvalue weighted by Crippen LogP contribution is -2.22. The average Bonchev–Trinajstić information content (AvgIpc) is 2.80. The van der Waals surface area contributed by atoms with Crippen molar-refractivity contribution in [2.24, 2.45) is 0 Å². The Morgan fingerprint density at radius 2 is 2.32 bits per heavy atom. The third-order valence-electron chi connectivity index (χ3n) is 3.68. The second-order valence-corrected chi connectivity index (χ2v) is 5.28. The van der Waals surface area contributed by atoms with Crippen LogP contribution in [0.3, 0.4) is 0 Å². The average molecular weight is 257 g/mol. The molecule has 2 aromatic rings. The molecule has 1 atom stereocenters. The van der Waals surface area contributed by atoms with E-state index in [0.717, 1.165) is 37.3 Å². The Hall–Kier alpha value is -1.68. The monoisotopic (exact) mass is 257 g/mol. The third-order valence-corrected chi connectivity index (χ3v) is 3.68. The highest BCUT2D eigenvalue weighted by molar-refractivity contribution is 5.24. The molecule has 1 aliphatic rings. The number of aryl methyl sites for hydroxylation is 2. The van der Waals surface area contributed by atoms with Crippen molar-refractivity contribution in [3.63, 3.8) is 0 Å². The summed E-state index contributed by atoms with van der Waals surface area (Å²) in [6.07, 6.45) is 3.82. The minimum Gasteiger partial charge on any atom is -0.394 e. The van der Waals surface area contributed by atoms with Crippen LogP contribution in [-0.4, -0.2) is 26.5 Å². The highest BCUT2D eigenvalue weighted by Gasteiger charge is 2.22. The first-order chi connectivity index (χ1) is 9.26. The molecule has 0 saturated heterocycles. The second kappa shape index (κ2) is 5.13. The number of hydrogen-bond donors (Lipinski definition) is 1. The third kappa shape index (κ3) is 2.54. The van der Waals surface area contributed by atoms with Gasteiger partial charge >= 0.3 is 0 Å². The summed E-state index contributed by atoms with van der Waals surface area (Å²) in [5.74, 6) is 1.88. The molecule has 1 N–H and O–H groups in total. The summed E-state index contributed by atoms with van der Waals surface area (Å²) in [4.78, 5) is 4.61. The Labute approximate surface area is 113 Å². The molecule has 0 amide bonds. The van der Waals surface area contributed by atoms with Crippen molar-refractivity contribution >= 4 is 0 Å². The molecular weight excluding hydrogens is 238 g/mol. The summed E-state index contributed by atoms with van der Waals surface area (Å²) in [5.41, 5.74) is 2.50. The van der Waals surface area contributed by atoms with Crippen LogP contribution in [0.2, 0.25) is 0 Å². The Morgan fingerprint density at radius 3 is 3.11 bits per heavy atom. The van der Waals surface area contributed by atoms with Crippen LogP contribution in [0.5, 0.6) is 0 Å². The van der Waals surface area contributed by atoms with E-state index >= 15 is 0 Å². The van der Waals surface area contributed by atoms with Crippen molar-refractivity contribution in [3.8, 4) is 0 Å². The quantitative estimate of drug-likeness (QED) is 0.915. The Kier molecular flexibility index (Phi) is 3.34. The van der Waals surface area contributed by atoms with Gasteiger partial charge in [-0.3, -0.25) is 0 Å². The number of nitrogens with zero attached hydrogens (tertiary/aromatic N) is 3. The molecule has 0 aliphatic carbocycles. The molecule has 4 heteroatoms. The SMILES string of the molecule is Cc1cccc(Cc2nc3n(n2)C(CO)CCC3)c1. The summed E-state index contributed by atoms with van der Waals surface area (Å²) < 4.78 is 1.93. The summed E-state index contributed by atoms with van der Waals surface area (Å²) >= 11 is 0. The molecular formula is C15H19N3O. The van der Waals surface area contributed by atoms with Gasteiger partial charge in [0, 0.05) is 12.8 Å². The van der Waals surface area contributed by atoms with Crippen LogP contribution in [-0.2, 0) is 12.8 Å². The molecule has 1 unspecified atom stereocenters. The van der Waals surface area contributed by atoms with Crippen LogP contribution >= 0.6 is 0 Å². The van der Waals surface area contributed by atoms with Gasteiger partial charge in [-0.05, 0) is 25.3 Å². The minimum atomic E-state index is 0.113. The van der Waals surface area contributed by atoms with Gasteiger partial charge in [0.2, 0.25) is 0 Å². The topological polar surface area (TPSA) is 50.9 Å². The van der Waals surface area contributed by atoms with E-state index in [1.54, 1.807) is 0 Å². The van der Waals surface area contributed by atoms with Gasteiger partial charge in [0.25, 0.3) is 0 Å². The van der Waals surface area contributed by atoms with Gasteiger partial charge in [0.15, 0.2) is 5.82 Å². The molecule has 0 saturated carbocycles. The maximum Gasteiger partial charge on any atom is 0.155 e. The van der Waals surface area contributed by atoms with Gasteiger partial charge in [0.1, 0.15) is 5.82 Å². The van der Waals surface area contributed by atoms with E-state index in [4.69, 9.17) is 0 Å². The standard InChI is InChI=1S/C15H19N3O/c1-11-4-2-5-12(8-11)9-14-16-15-7-3-6-13(10-19)18(15)17-14/h2,4-5,8,13,19H,3,6-7,9-10H2,1H3. The fraction of sp³-hybridized carbons (Fsp3) is 0.467. The highest BCUT2D eigenvalue weighted by atomic mass is 16.3. The lowest BCUT2D eigenvalue weighted by Gasteiger charge is -2.20. The molecule has 19 heavy (non-hydrogen) atoms. The zero-order valence-corrected chi connectivity index (χ0v) is 11.2. The van der Waals surface area contributed by atoms with E-state index < -0.39 is 0 Å². The lowest BCUT2D eigenvalue weighted by molar-refractivity contribution is 0.195. The van der Waals surface area contributed by atoms with Crippen molar-refractivity contribution in [3.05, 3.63) is 47.0 Å². The van der Waals surface area contributed by atoms with Crippen LogP contribution in [0, 0.1) is 6.92 Å². The first-order valence-electron chi connectivity index (χ1n) is 6.87. The fourth-order valence-electron chi connectivity index (χ4n) is 2.73. The predicted octanol–water partition coefficient (Wildman–Crippen LogP) is 2.05. The number of rotatable bonds is 3. The molecule has 0 spiro atoms. The van der Waals surface area contributed by atoms with Gasteiger partial charge in [-0.2, -0.15) is 5.10 Å². The van der Waals surface area contributed by atoms with Crippen molar-refractivity contribution in [1.82, 2.24) is 14.8 Å². The molecule has 4 nitrogen and oxygen atoms in total. The number of hydrogen-bond acceptors (Lipinski definition) is 3. The number of aliphatic hydroxyl groups is 1. The normalized spacial score (nSPS) is 18.3. The van der Waals surface area contributed by atoms with Crippen LogP contribution < -0.4 is 0 Å². The van der Waals surface area contributed by atoms with E-state index in [1.807, 2.05) is 4.68 Å². The number of aromatic nitrogens is 3. The maximum atomic E-state index is 9.38. The van der Waals surface area contributed by atoms with Crippen molar-refractivity contribution < 1.29 is 5.11 Å². The summed E-state index contributed by atoms with van der Waals surface area (Å²) in [6.45, 7) is 2.25. The van der Waals surface area contributed by atoms with E-state index in [1.165, 1.54) is 11.1 Å². The molecule has 100 valence electrons. The van der Waals surface area contributed by atoms with Gasteiger partial charge in [-0.15, -0.1) is 0 Å². The van der Waals surface area contributed by atoms with Crippen LogP contribution in [0.4, 0.5) is 0 Å². The van der Waals surface area contributed by atoms with Crippen LogP contribution in [0.1, 0.15) is 41.7 Å². The number of aliphatic hydroxyl groups excluding tert-OH is 1. The summed E-state index contributed by atoms with van der Waals surface area (Å²) in [6, 6.07) is 8.55. The van der Waals surface area contributed by atoms with E-state index in [-0.39, 0.29) is 12.6 Å². The van der Waals surface area contributed by atoms with Crippen molar-refractivity contribution in [2.45, 2.75) is 38.6 Å². The van der Waals surface area contributed by atoms with Crippen molar-refractivity contribution in [2.75, 3.05) is 6.61 Å². The van der Waals surface area contributed by atoms with Crippen LogP contribution in [0.25, 0.3) is 0 Å². The lowest BCUT2D eigenvalue weighted by atomic mass is 10.1. The highest BCUT2D eigenvalue weighted by Crippen LogP contribution is 2.23. The molecule has 0 bridgehead atoms. The molecule has 1 aromatic heterocycles. The van der Waals surface area contributed by atoms with Crippen molar-refractivity contribution in [1.29, 1.82) is 0 Å². The van der Waals surface area contributed by atoms with E-state index in [2.05, 4.69) is 41.3 Å². The number of benzene rings is 1. The molecule has 0 radical (unpaired) electrons. The van der Waals surface area contributed by atoms with Gasteiger partial charge in [0.05, 0.1) is 12.6 Å². The molecule has 1 aliphatic heterocycles. The minimum absolute atomic E-state index is 0.113. The number of fused-ring (bicyclic) bond motifs is 1. The molecule has 2 heterocycles.